The third kappa shape index (κ3) is 5.72. The molecule has 118 valence electrons. The molecule has 1 unspecified atom stereocenters. The van der Waals surface area contributed by atoms with E-state index in [4.69, 9.17) is 0 Å². The highest BCUT2D eigenvalue weighted by Gasteiger charge is 2.28. The predicted molar refractivity (Wildman–Crippen MR) is 81.1 cm³/mol. The maximum Gasteiger partial charge on any atom is 0.211 e. The van der Waals surface area contributed by atoms with E-state index in [1.165, 1.54) is 0 Å². The Morgan fingerprint density at radius 1 is 1.33 bits per heavy atom. The van der Waals surface area contributed by atoms with Gasteiger partial charge in [0.25, 0.3) is 0 Å². The van der Waals surface area contributed by atoms with Crippen LogP contribution in [0.2, 0.25) is 0 Å². The normalized spacial score (nSPS) is 21.4. The number of pyridine rings is 1. The van der Waals surface area contributed by atoms with Crippen LogP contribution < -0.4 is 4.72 Å². The van der Waals surface area contributed by atoms with Gasteiger partial charge < -0.3 is 0 Å². The molecule has 6 nitrogen and oxygen atoms in total. The largest absolute Gasteiger partial charge is 0.261 e. The lowest BCUT2D eigenvalue weighted by Gasteiger charge is -2.09. The van der Waals surface area contributed by atoms with Gasteiger partial charge in [0.1, 0.15) is 0 Å². The van der Waals surface area contributed by atoms with Crippen molar-refractivity contribution < 1.29 is 16.8 Å². The lowest BCUT2D eigenvalue weighted by atomic mass is 10.1. The van der Waals surface area contributed by atoms with Crippen LogP contribution in [-0.2, 0) is 26.3 Å². The Labute approximate surface area is 126 Å². The summed E-state index contributed by atoms with van der Waals surface area (Å²) in [6, 6.07) is 5.51. The number of hydrogen-bond acceptors (Lipinski definition) is 5. The molecule has 1 saturated heterocycles. The minimum absolute atomic E-state index is 0.0184. The van der Waals surface area contributed by atoms with Gasteiger partial charge in [0.05, 0.1) is 17.3 Å². The molecule has 0 spiro atoms. The van der Waals surface area contributed by atoms with Gasteiger partial charge in [-0.05, 0) is 30.9 Å². The molecule has 1 atom stereocenters. The van der Waals surface area contributed by atoms with E-state index in [0.717, 1.165) is 5.69 Å². The molecule has 1 fully saturated rings. The summed E-state index contributed by atoms with van der Waals surface area (Å²) in [6.45, 7) is 0.308. The molecule has 0 aromatic carbocycles. The first-order valence-electron chi connectivity index (χ1n) is 6.94. The zero-order valence-corrected chi connectivity index (χ0v) is 13.4. The summed E-state index contributed by atoms with van der Waals surface area (Å²) >= 11 is 0. The quantitative estimate of drug-likeness (QED) is 0.778. The molecule has 1 aromatic heterocycles. The summed E-state index contributed by atoms with van der Waals surface area (Å²) < 4.78 is 48.9. The van der Waals surface area contributed by atoms with Gasteiger partial charge in [0, 0.05) is 24.9 Å². The van der Waals surface area contributed by atoms with Crippen molar-refractivity contribution in [1.29, 1.82) is 0 Å². The Bertz CT molecular complexity index is 657. The number of sulfonamides is 1. The average Bonchev–Trinajstić information content (AvgIpc) is 2.77. The van der Waals surface area contributed by atoms with Crippen LogP contribution in [0.4, 0.5) is 0 Å². The molecule has 0 saturated carbocycles. The van der Waals surface area contributed by atoms with Gasteiger partial charge in [-0.3, -0.25) is 4.98 Å². The molecule has 8 heteroatoms. The Kier molecular flexibility index (Phi) is 5.34. The van der Waals surface area contributed by atoms with E-state index < -0.39 is 19.9 Å². The highest BCUT2D eigenvalue weighted by Crippen LogP contribution is 2.21. The first-order valence-corrected chi connectivity index (χ1v) is 10.4. The highest BCUT2D eigenvalue weighted by atomic mass is 32.2. The fraction of sp³-hybridized carbons (Fsp3) is 0.615. The standard InChI is InChI=1S/C13H20N2O4S2/c16-20(17)9-5-12(11-20)6-10-21(18,19)15-8-4-13-3-1-2-7-14-13/h1-3,7,12,15H,4-6,8-11H2. The van der Waals surface area contributed by atoms with E-state index in [-0.39, 0.29) is 23.2 Å². The Morgan fingerprint density at radius 2 is 2.14 bits per heavy atom. The van der Waals surface area contributed by atoms with Crippen LogP contribution >= 0.6 is 0 Å². The van der Waals surface area contributed by atoms with E-state index in [2.05, 4.69) is 9.71 Å². The second kappa shape index (κ2) is 6.85. The van der Waals surface area contributed by atoms with Gasteiger partial charge >= 0.3 is 0 Å². The van der Waals surface area contributed by atoms with E-state index in [0.29, 0.717) is 25.8 Å². The lowest BCUT2D eigenvalue weighted by molar-refractivity contribution is 0.544. The maximum absolute atomic E-state index is 11.9. The summed E-state index contributed by atoms with van der Waals surface area (Å²) in [5, 5.41) is 0. The van der Waals surface area contributed by atoms with Crippen LogP contribution in [0.5, 0.6) is 0 Å². The lowest BCUT2D eigenvalue weighted by Crippen LogP contribution is -2.29. The third-order valence-corrected chi connectivity index (χ3v) is 6.80. The summed E-state index contributed by atoms with van der Waals surface area (Å²) in [6.07, 6.45) is 3.19. The van der Waals surface area contributed by atoms with E-state index in [1.807, 2.05) is 18.2 Å². The van der Waals surface area contributed by atoms with Gasteiger partial charge in [-0.25, -0.2) is 21.6 Å². The van der Waals surface area contributed by atoms with Gasteiger partial charge in [0.15, 0.2) is 9.84 Å². The van der Waals surface area contributed by atoms with Gasteiger partial charge in [-0.2, -0.15) is 0 Å². The van der Waals surface area contributed by atoms with Crippen LogP contribution in [0.1, 0.15) is 18.5 Å². The average molecular weight is 332 g/mol. The van der Waals surface area contributed by atoms with Gasteiger partial charge in [-0.1, -0.05) is 6.07 Å². The fourth-order valence-electron chi connectivity index (χ4n) is 2.37. The molecule has 0 amide bonds. The number of aromatic nitrogens is 1. The Morgan fingerprint density at radius 3 is 2.76 bits per heavy atom. The number of hydrogen-bond donors (Lipinski definition) is 1. The molecule has 2 heterocycles. The molecular weight excluding hydrogens is 312 g/mol. The van der Waals surface area contributed by atoms with Crippen LogP contribution in [0.15, 0.2) is 24.4 Å². The molecule has 0 radical (unpaired) electrons. The second-order valence-electron chi connectivity index (χ2n) is 5.34. The summed E-state index contributed by atoms with van der Waals surface area (Å²) in [4.78, 5) is 4.12. The van der Waals surface area contributed by atoms with Crippen molar-refractivity contribution in [2.24, 2.45) is 5.92 Å². The van der Waals surface area contributed by atoms with Gasteiger partial charge in [0.2, 0.25) is 10.0 Å². The monoisotopic (exact) mass is 332 g/mol. The van der Waals surface area contributed by atoms with Crippen molar-refractivity contribution in [1.82, 2.24) is 9.71 Å². The molecular formula is C13H20N2O4S2. The second-order valence-corrected chi connectivity index (χ2v) is 9.50. The number of sulfone groups is 1. The van der Waals surface area contributed by atoms with Crippen molar-refractivity contribution in [2.45, 2.75) is 19.3 Å². The molecule has 1 N–H and O–H groups in total. The number of nitrogens with zero attached hydrogens (tertiary/aromatic N) is 1. The van der Waals surface area contributed by atoms with Crippen LogP contribution in [0, 0.1) is 5.92 Å². The molecule has 0 bridgehead atoms. The predicted octanol–water partition coefficient (Wildman–Crippen LogP) is 0.368. The first kappa shape index (κ1) is 16.4. The Hall–Kier alpha value is -0.990. The summed E-state index contributed by atoms with van der Waals surface area (Å²) in [5.41, 5.74) is 0.835. The summed E-state index contributed by atoms with van der Waals surface area (Å²) in [5.74, 6) is 0.263. The zero-order chi connectivity index (χ0) is 15.3. The summed E-state index contributed by atoms with van der Waals surface area (Å²) in [7, 11) is -6.29. The zero-order valence-electron chi connectivity index (χ0n) is 11.7. The number of nitrogens with one attached hydrogen (secondary N) is 1. The Balaban J connectivity index is 1.72. The van der Waals surface area contributed by atoms with E-state index in [1.54, 1.807) is 6.20 Å². The van der Waals surface area contributed by atoms with Crippen molar-refractivity contribution >= 4 is 19.9 Å². The van der Waals surface area contributed by atoms with Crippen molar-refractivity contribution in [3.8, 4) is 0 Å². The molecule has 2 rings (SSSR count). The van der Waals surface area contributed by atoms with Crippen LogP contribution in [-0.4, -0.2) is 45.6 Å². The molecule has 21 heavy (non-hydrogen) atoms. The fourth-order valence-corrected chi connectivity index (χ4v) is 5.49. The van der Waals surface area contributed by atoms with Gasteiger partial charge in [-0.15, -0.1) is 0 Å². The minimum atomic E-state index is -3.35. The molecule has 0 aliphatic carbocycles. The molecule has 1 aromatic rings. The van der Waals surface area contributed by atoms with Crippen LogP contribution in [0.25, 0.3) is 0 Å². The molecule has 1 aliphatic heterocycles. The van der Waals surface area contributed by atoms with Crippen molar-refractivity contribution in [2.75, 3.05) is 23.8 Å². The number of rotatable bonds is 7. The molecule has 1 aliphatic rings. The SMILES string of the molecule is O=S1(=O)CCC(CCS(=O)(=O)NCCc2ccccn2)C1. The smallest absolute Gasteiger partial charge is 0.211 e. The van der Waals surface area contributed by atoms with E-state index >= 15 is 0 Å². The minimum Gasteiger partial charge on any atom is -0.261 e. The third-order valence-electron chi connectivity index (χ3n) is 3.55. The first-order chi connectivity index (χ1) is 9.86. The topological polar surface area (TPSA) is 93.2 Å². The maximum atomic E-state index is 11.9. The van der Waals surface area contributed by atoms with Crippen LogP contribution in [0.3, 0.4) is 0 Å². The highest BCUT2D eigenvalue weighted by molar-refractivity contribution is 7.91. The van der Waals surface area contributed by atoms with Crippen molar-refractivity contribution in [3.05, 3.63) is 30.1 Å². The van der Waals surface area contributed by atoms with Crippen molar-refractivity contribution in [3.63, 3.8) is 0 Å². The van der Waals surface area contributed by atoms with E-state index in [9.17, 15) is 16.8 Å².